The minimum Gasteiger partial charge on any atom is -0.277 e. The zero-order valence-corrected chi connectivity index (χ0v) is 15.8. The maximum atomic E-state index is 12.2. The maximum absolute atomic E-state index is 12.2. The van der Waals surface area contributed by atoms with Gasteiger partial charge in [0.1, 0.15) is 0 Å². The first-order chi connectivity index (χ1) is 10.7. The first-order valence-corrected chi connectivity index (χ1v) is 8.86. The normalized spacial score (nSPS) is 12.3. The monoisotopic (exact) mass is 333 g/mol. The summed E-state index contributed by atoms with van der Waals surface area (Å²) in [6.07, 6.45) is 0. The highest BCUT2D eigenvalue weighted by molar-refractivity contribution is 7.11. The van der Waals surface area contributed by atoms with E-state index in [-0.39, 0.29) is 11.0 Å². The third kappa shape index (κ3) is 4.75. The van der Waals surface area contributed by atoms with Crippen LogP contribution in [0.25, 0.3) is 0 Å². The molecule has 0 aromatic carbocycles. The number of thiophene rings is 1. The van der Waals surface area contributed by atoms with Crippen LogP contribution in [0.3, 0.4) is 0 Å². The number of aryl methyl sites for hydroxylation is 1. The van der Waals surface area contributed by atoms with Gasteiger partial charge in [0.15, 0.2) is 0 Å². The largest absolute Gasteiger partial charge is 0.277 e. The van der Waals surface area contributed by atoms with Crippen LogP contribution in [-0.2, 0) is 18.6 Å². The van der Waals surface area contributed by atoms with E-state index >= 15 is 0 Å². The van der Waals surface area contributed by atoms with Gasteiger partial charge in [0.2, 0.25) is 0 Å². The van der Waals surface area contributed by atoms with Gasteiger partial charge >= 0.3 is 0 Å². The van der Waals surface area contributed by atoms with Gasteiger partial charge in [-0.1, -0.05) is 20.8 Å². The van der Waals surface area contributed by atoms with Crippen molar-refractivity contribution in [3.8, 4) is 0 Å². The Morgan fingerprint density at radius 1 is 1.22 bits per heavy atom. The molecule has 2 aromatic heterocycles. The molecule has 4 nitrogen and oxygen atoms in total. The third-order valence-corrected chi connectivity index (χ3v) is 4.82. The first-order valence-electron chi connectivity index (χ1n) is 8.05. The zero-order valence-electron chi connectivity index (χ0n) is 15.0. The molecule has 0 N–H and O–H groups in total. The summed E-state index contributed by atoms with van der Waals surface area (Å²) in [6.45, 7) is 14.1. The summed E-state index contributed by atoms with van der Waals surface area (Å²) in [6, 6.07) is 8.10. The molecule has 0 bridgehead atoms. The fraction of sp³-hybridized carbons (Fsp3) is 0.556. The van der Waals surface area contributed by atoms with E-state index in [1.807, 2.05) is 6.07 Å². The van der Waals surface area contributed by atoms with Crippen molar-refractivity contribution >= 4 is 11.3 Å². The number of nitrogens with zero attached hydrogens (tertiary/aromatic N) is 3. The van der Waals surface area contributed by atoms with Crippen molar-refractivity contribution in [2.75, 3.05) is 0 Å². The van der Waals surface area contributed by atoms with Crippen molar-refractivity contribution in [2.45, 2.75) is 66.2 Å². The molecule has 0 fully saturated rings. The lowest BCUT2D eigenvalue weighted by Gasteiger charge is -2.27. The average Bonchev–Trinajstić information content (AvgIpc) is 2.84. The van der Waals surface area contributed by atoms with Gasteiger partial charge in [-0.25, -0.2) is 4.68 Å². The van der Waals surface area contributed by atoms with Crippen molar-refractivity contribution in [2.24, 2.45) is 0 Å². The van der Waals surface area contributed by atoms with Crippen LogP contribution < -0.4 is 5.56 Å². The van der Waals surface area contributed by atoms with E-state index in [0.29, 0.717) is 12.7 Å². The molecule has 0 unspecified atom stereocenters. The van der Waals surface area contributed by atoms with E-state index in [4.69, 9.17) is 0 Å². The van der Waals surface area contributed by atoms with E-state index in [9.17, 15) is 4.79 Å². The van der Waals surface area contributed by atoms with E-state index in [1.54, 1.807) is 22.1 Å². The fourth-order valence-corrected chi connectivity index (χ4v) is 3.20. The Morgan fingerprint density at radius 3 is 2.43 bits per heavy atom. The van der Waals surface area contributed by atoms with Crippen LogP contribution in [0.5, 0.6) is 0 Å². The summed E-state index contributed by atoms with van der Waals surface area (Å²) < 4.78 is 1.58. The molecule has 0 saturated carbocycles. The highest BCUT2D eigenvalue weighted by Gasteiger charge is 2.18. The molecule has 0 aliphatic rings. The Balaban J connectivity index is 2.24. The van der Waals surface area contributed by atoms with Crippen molar-refractivity contribution in [3.05, 3.63) is 50.1 Å². The Morgan fingerprint density at radius 2 is 1.91 bits per heavy atom. The molecule has 126 valence electrons. The summed E-state index contributed by atoms with van der Waals surface area (Å²) >= 11 is 1.81. The summed E-state index contributed by atoms with van der Waals surface area (Å²) in [7, 11) is 0. The number of rotatable bonds is 5. The lowest BCUT2D eigenvalue weighted by Crippen LogP contribution is -2.38. The Bertz CT molecular complexity index is 710. The summed E-state index contributed by atoms with van der Waals surface area (Å²) in [4.78, 5) is 17.1. The lowest BCUT2D eigenvalue weighted by molar-refractivity contribution is 0.151. The van der Waals surface area contributed by atoms with Gasteiger partial charge in [-0.05, 0) is 39.0 Å². The van der Waals surface area contributed by atoms with Gasteiger partial charge in [-0.2, -0.15) is 5.10 Å². The van der Waals surface area contributed by atoms with Crippen molar-refractivity contribution in [3.63, 3.8) is 0 Å². The molecule has 0 radical (unpaired) electrons. The molecule has 0 saturated heterocycles. The number of hydrogen-bond donors (Lipinski definition) is 0. The zero-order chi connectivity index (χ0) is 17.2. The molecule has 2 rings (SSSR count). The molecule has 0 aliphatic heterocycles. The molecular formula is C18H27N3OS. The van der Waals surface area contributed by atoms with Crippen LogP contribution in [0, 0.1) is 6.92 Å². The van der Waals surface area contributed by atoms with Gasteiger partial charge < -0.3 is 0 Å². The van der Waals surface area contributed by atoms with Crippen molar-refractivity contribution in [1.29, 1.82) is 0 Å². The van der Waals surface area contributed by atoms with E-state index in [1.165, 1.54) is 9.75 Å². The summed E-state index contributed by atoms with van der Waals surface area (Å²) in [5.41, 5.74) is 0.821. The average molecular weight is 334 g/mol. The van der Waals surface area contributed by atoms with E-state index < -0.39 is 0 Å². The molecule has 0 spiro atoms. The SMILES string of the molecule is Cc1ccc(CN(Cn2nc(C(C)(C)C)ccc2=O)C(C)C)s1. The van der Waals surface area contributed by atoms with Crippen LogP contribution in [0.2, 0.25) is 0 Å². The van der Waals surface area contributed by atoms with Crippen LogP contribution in [0.1, 0.15) is 50.1 Å². The van der Waals surface area contributed by atoms with Crippen LogP contribution in [0.15, 0.2) is 29.1 Å². The molecule has 0 atom stereocenters. The molecule has 23 heavy (non-hydrogen) atoms. The quantitative estimate of drug-likeness (QED) is 0.836. The highest BCUT2D eigenvalue weighted by Crippen LogP contribution is 2.20. The van der Waals surface area contributed by atoms with E-state index in [2.05, 4.69) is 63.7 Å². The van der Waals surface area contributed by atoms with Crippen molar-refractivity contribution < 1.29 is 0 Å². The molecule has 0 aliphatic carbocycles. The fourth-order valence-electron chi connectivity index (χ4n) is 2.29. The minimum absolute atomic E-state index is 0.0500. The number of aromatic nitrogens is 2. The van der Waals surface area contributed by atoms with E-state index in [0.717, 1.165) is 12.2 Å². The van der Waals surface area contributed by atoms with Gasteiger partial charge in [0, 0.05) is 33.8 Å². The third-order valence-electron chi connectivity index (χ3n) is 3.84. The van der Waals surface area contributed by atoms with Gasteiger partial charge in [-0.15, -0.1) is 11.3 Å². The standard InChI is InChI=1S/C18H27N3OS/c1-13(2)20(11-15-8-7-14(3)23-15)12-21-17(22)10-9-16(19-21)18(4,5)6/h7-10,13H,11-12H2,1-6H3. The minimum atomic E-state index is -0.0665. The highest BCUT2D eigenvalue weighted by atomic mass is 32.1. The smallest absolute Gasteiger partial charge is 0.267 e. The van der Waals surface area contributed by atoms with Crippen molar-refractivity contribution in [1.82, 2.24) is 14.7 Å². The lowest BCUT2D eigenvalue weighted by atomic mass is 9.92. The second-order valence-corrected chi connectivity index (χ2v) is 8.67. The molecular weight excluding hydrogens is 306 g/mol. The number of hydrogen-bond acceptors (Lipinski definition) is 4. The predicted octanol–water partition coefficient (Wildman–Crippen LogP) is 3.78. The maximum Gasteiger partial charge on any atom is 0.267 e. The Labute approximate surface area is 142 Å². The van der Waals surface area contributed by atoms with Crippen LogP contribution in [0.4, 0.5) is 0 Å². The summed E-state index contributed by atoms with van der Waals surface area (Å²) in [5.74, 6) is 0. The second-order valence-electron chi connectivity index (χ2n) is 7.30. The molecule has 2 aromatic rings. The Hall–Kier alpha value is -1.46. The first kappa shape index (κ1) is 17.9. The molecule has 2 heterocycles. The topological polar surface area (TPSA) is 38.1 Å². The Kier molecular flexibility index (Phi) is 5.42. The molecule has 5 heteroatoms. The predicted molar refractivity (Wildman–Crippen MR) is 96.9 cm³/mol. The van der Waals surface area contributed by atoms with Gasteiger partial charge in [0.05, 0.1) is 12.4 Å². The summed E-state index contributed by atoms with van der Waals surface area (Å²) in [5, 5.41) is 4.58. The van der Waals surface area contributed by atoms with Crippen LogP contribution in [-0.4, -0.2) is 20.7 Å². The van der Waals surface area contributed by atoms with Crippen LogP contribution >= 0.6 is 11.3 Å². The second kappa shape index (κ2) is 6.97. The van der Waals surface area contributed by atoms with Gasteiger partial charge in [0.25, 0.3) is 5.56 Å². The van der Waals surface area contributed by atoms with Gasteiger partial charge in [-0.3, -0.25) is 9.69 Å². The molecule has 0 amide bonds.